The maximum atomic E-state index is 13.3. The number of nitriles is 1. The topological polar surface area (TPSA) is 89.3 Å². The van der Waals surface area contributed by atoms with Crippen molar-refractivity contribution in [2.24, 2.45) is 0 Å². The second-order valence-corrected chi connectivity index (χ2v) is 8.90. The molecule has 1 heterocycles. The number of aliphatic hydroxyl groups is 1. The number of nitrogens with one attached hydrogen (secondary N) is 1. The summed E-state index contributed by atoms with van der Waals surface area (Å²) in [6, 6.07) is 6.94. The molecule has 2 aromatic rings. The number of aromatic nitrogens is 1. The minimum atomic E-state index is -6.06. The molecule has 1 aliphatic rings. The van der Waals surface area contributed by atoms with Gasteiger partial charge in [0.25, 0.3) is 5.60 Å². The van der Waals surface area contributed by atoms with Crippen molar-refractivity contribution in [2.45, 2.75) is 62.6 Å². The van der Waals surface area contributed by atoms with E-state index < -0.39 is 34.0 Å². The number of hydrogen-bond acceptors (Lipinski definition) is 5. The van der Waals surface area contributed by atoms with Crippen LogP contribution in [0.15, 0.2) is 30.5 Å². The smallest absolute Gasteiger partial charge is 0.369 e. The molecule has 1 fully saturated rings. The lowest BCUT2D eigenvalue weighted by Crippen LogP contribution is -2.53. The number of halogens is 6. The third kappa shape index (κ3) is 5.28. The molecule has 2 amide bonds. The second kappa shape index (κ2) is 9.79. The van der Waals surface area contributed by atoms with E-state index in [-0.39, 0.29) is 30.1 Å². The van der Waals surface area contributed by atoms with Gasteiger partial charge in [-0.1, -0.05) is 42.7 Å². The van der Waals surface area contributed by atoms with Crippen LogP contribution in [0.5, 0.6) is 0 Å². The van der Waals surface area contributed by atoms with E-state index in [1.807, 2.05) is 6.07 Å². The summed E-state index contributed by atoms with van der Waals surface area (Å²) in [5, 5.41) is 20.9. The van der Waals surface area contributed by atoms with Crippen molar-refractivity contribution in [3.8, 4) is 6.07 Å². The Hall–Kier alpha value is -2.85. The van der Waals surface area contributed by atoms with Crippen molar-refractivity contribution in [3.05, 3.63) is 46.5 Å². The number of anilines is 1. The number of alkyl halides is 6. The molecule has 13 heteroatoms. The summed E-state index contributed by atoms with van der Waals surface area (Å²) >= 11 is -0.0694. The largest absolute Gasteiger partial charge is 0.431 e. The minimum absolute atomic E-state index is 0.0694. The monoisotopic (exact) mass is 506 g/mol. The standard InChI is InChI=1S/C21H20F6N4O2S/c22-20(23,24)19(33,21(25,26)27)16-11-29-18(34-16)31(12-14-8-6-13(10-28)7-9-14)17(32)30-15-4-2-1-3-5-15/h6-9,11,15,33H,1-5,12H2,(H,30,32). The van der Waals surface area contributed by atoms with Gasteiger partial charge >= 0.3 is 18.4 Å². The normalized spacial score (nSPS) is 15.6. The summed E-state index contributed by atoms with van der Waals surface area (Å²) in [5.74, 6) is 0. The van der Waals surface area contributed by atoms with E-state index in [1.165, 1.54) is 24.3 Å². The summed E-state index contributed by atoms with van der Waals surface area (Å²) < 4.78 is 79.6. The SMILES string of the molecule is N#Cc1ccc(CN(C(=O)NC2CCCCC2)c2ncc(C(O)(C(F)(F)F)C(F)(F)F)s2)cc1. The Labute approximate surface area is 194 Å². The highest BCUT2D eigenvalue weighted by Crippen LogP contribution is 2.52. The fourth-order valence-electron chi connectivity index (χ4n) is 3.59. The van der Waals surface area contributed by atoms with Gasteiger partial charge in [-0.2, -0.15) is 31.6 Å². The number of rotatable bonds is 5. The van der Waals surface area contributed by atoms with Crippen molar-refractivity contribution in [1.29, 1.82) is 5.26 Å². The molecule has 6 nitrogen and oxygen atoms in total. The highest BCUT2D eigenvalue weighted by molar-refractivity contribution is 7.15. The van der Waals surface area contributed by atoms with E-state index in [1.54, 1.807) is 0 Å². The number of thiazole rings is 1. The highest BCUT2D eigenvalue weighted by Gasteiger charge is 2.72. The average Bonchev–Trinajstić information content (AvgIpc) is 3.26. The Balaban J connectivity index is 1.96. The molecule has 0 saturated heterocycles. The lowest BCUT2D eigenvalue weighted by molar-refractivity contribution is -0.375. The molecule has 1 aromatic heterocycles. The molecule has 1 aromatic carbocycles. The molecule has 3 rings (SSSR count). The zero-order valence-electron chi connectivity index (χ0n) is 17.6. The first-order valence-corrected chi connectivity index (χ1v) is 11.1. The summed E-state index contributed by atoms with van der Waals surface area (Å²) in [5.41, 5.74) is -4.33. The Morgan fingerprint density at radius 3 is 2.24 bits per heavy atom. The number of carbonyl (C=O) groups excluding carboxylic acids is 1. The zero-order chi connectivity index (χ0) is 25.1. The van der Waals surface area contributed by atoms with Crippen LogP contribution in [0.1, 0.15) is 48.1 Å². The molecule has 0 radical (unpaired) electrons. The number of benzene rings is 1. The van der Waals surface area contributed by atoms with Crippen molar-refractivity contribution in [3.63, 3.8) is 0 Å². The molecule has 1 saturated carbocycles. The van der Waals surface area contributed by atoms with Crippen LogP contribution in [0.25, 0.3) is 0 Å². The van der Waals surface area contributed by atoms with Gasteiger partial charge in [-0.3, -0.25) is 4.90 Å². The average molecular weight is 506 g/mol. The molecule has 0 unspecified atom stereocenters. The molecule has 34 heavy (non-hydrogen) atoms. The third-order valence-corrected chi connectivity index (χ3v) is 6.63. The molecular formula is C21H20F6N4O2S. The molecule has 0 spiro atoms. The molecule has 0 aliphatic heterocycles. The van der Waals surface area contributed by atoms with Crippen molar-refractivity contribution in [2.75, 3.05) is 4.90 Å². The van der Waals surface area contributed by atoms with E-state index in [9.17, 15) is 36.2 Å². The van der Waals surface area contributed by atoms with E-state index in [4.69, 9.17) is 5.26 Å². The minimum Gasteiger partial charge on any atom is -0.369 e. The van der Waals surface area contributed by atoms with Gasteiger partial charge in [0.15, 0.2) is 5.13 Å². The Morgan fingerprint density at radius 2 is 1.71 bits per heavy atom. The second-order valence-electron chi connectivity index (χ2n) is 7.89. The van der Waals surface area contributed by atoms with Gasteiger partial charge in [-0.25, -0.2) is 9.78 Å². The van der Waals surface area contributed by atoms with Crippen LogP contribution in [-0.2, 0) is 12.1 Å². The Kier molecular flexibility index (Phi) is 7.42. The Bertz CT molecular complexity index is 1030. The highest BCUT2D eigenvalue weighted by atomic mass is 32.1. The molecule has 0 atom stereocenters. The number of nitrogens with zero attached hydrogens (tertiary/aromatic N) is 3. The molecular weight excluding hydrogens is 486 g/mol. The predicted molar refractivity (Wildman–Crippen MR) is 111 cm³/mol. The van der Waals surface area contributed by atoms with Crippen LogP contribution in [0.4, 0.5) is 36.3 Å². The van der Waals surface area contributed by atoms with Crippen molar-refractivity contribution in [1.82, 2.24) is 10.3 Å². The van der Waals surface area contributed by atoms with Gasteiger partial charge in [-0.15, -0.1) is 0 Å². The van der Waals surface area contributed by atoms with Gasteiger partial charge in [-0.05, 0) is 30.5 Å². The van der Waals surface area contributed by atoms with Gasteiger partial charge < -0.3 is 10.4 Å². The van der Waals surface area contributed by atoms with Gasteiger partial charge in [0.05, 0.1) is 23.1 Å². The summed E-state index contributed by atoms with van der Waals surface area (Å²) in [6.07, 6.45) is -7.68. The van der Waals surface area contributed by atoms with Crippen molar-refractivity contribution >= 4 is 22.5 Å². The summed E-state index contributed by atoms with van der Waals surface area (Å²) in [4.78, 5) is 16.1. The lowest BCUT2D eigenvalue weighted by atomic mass is 9.96. The van der Waals surface area contributed by atoms with E-state index in [0.29, 0.717) is 24.0 Å². The van der Waals surface area contributed by atoms with Crippen LogP contribution in [0.2, 0.25) is 0 Å². The molecule has 1 aliphatic carbocycles. The van der Waals surface area contributed by atoms with E-state index in [2.05, 4.69) is 10.3 Å². The Morgan fingerprint density at radius 1 is 1.12 bits per heavy atom. The van der Waals surface area contributed by atoms with Crippen LogP contribution >= 0.6 is 11.3 Å². The number of urea groups is 1. The lowest BCUT2D eigenvalue weighted by Gasteiger charge is -2.31. The third-order valence-electron chi connectivity index (χ3n) is 5.50. The van der Waals surface area contributed by atoms with E-state index in [0.717, 1.165) is 24.2 Å². The maximum Gasteiger partial charge on any atom is 0.431 e. The molecule has 0 bridgehead atoms. The van der Waals surface area contributed by atoms with Crippen LogP contribution in [0, 0.1) is 11.3 Å². The first-order chi connectivity index (χ1) is 15.9. The first kappa shape index (κ1) is 25.8. The first-order valence-electron chi connectivity index (χ1n) is 10.3. The van der Waals surface area contributed by atoms with Crippen LogP contribution in [-0.4, -0.2) is 34.5 Å². The zero-order valence-corrected chi connectivity index (χ0v) is 18.4. The van der Waals surface area contributed by atoms with Crippen molar-refractivity contribution < 1.29 is 36.2 Å². The predicted octanol–water partition coefficient (Wildman–Crippen LogP) is 5.38. The molecule has 184 valence electrons. The summed E-state index contributed by atoms with van der Waals surface area (Å²) in [6.45, 7) is -0.228. The quantitative estimate of drug-likeness (QED) is 0.534. The van der Waals surface area contributed by atoms with Gasteiger partial charge in [0, 0.05) is 12.2 Å². The maximum absolute atomic E-state index is 13.3. The number of amides is 2. The fraction of sp³-hybridized carbons (Fsp3) is 0.476. The van der Waals surface area contributed by atoms with E-state index >= 15 is 0 Å². The number of carbonyl (C=O) groups is 1. The van der Waals surface area contributed by atoms with Gasteiger partial charge in [0.1, 0.15) is 0 Å². The van der Waals surface area contributed by atoms with Gasteiger partial charge in [0.2, 0.25) is 0 Å². The fourth-order valence-corrected chi connectivity index (χ4v) is 4.63. The number of hydrogen-bond donors (Lipinski definition) is 2. The van der Waals surface area contributed by atoms with Crippen LogP contribution < -0.4 is 10.2 Å². The summed E-state index contributed by atoms with van der Waals surface area (Å²) in [7, 11) is 0. The van der Waals surface area contributed by atoms with Crippen LogP contribution in [0.3, 0.4) is 0 Å². The molecule has 2 N–H and O–H groups in total.